The van der Waals surface area contributed by atoms with Crippen LogP contribution in [0.1, 0.15) is 24.1 Å². The van der Waals surface area contributed by atoms with Gasteiger partial charge in [0.1, 0.15) is 11.5 Å². The summed E-state index contributed by atoms with van der Waals surface area (Å²) in [7, 11) is 0. The van der Waals surface area contributed by atoms with E-state index in [9.17, 15) is 14.7 Å². The van der Waals surface area contributed by atoms with E-state index in [1.165, 1.54) is 4.90 Å². The number of halogens is 1. The summed E-state index contributed by atoms with van der Waals surface area (Å²) in [6, 6.07) is 26.2. The molecule has 6 heteroatoms. The Bertz CT molecular complexity index is 1450. The lowest BCUT2D eigenvalue weighted by atomic mass is 9.93. The summed E-state index contributed by atoms with van der Waals surface area (Å²) in [5.74, 6) is -1.01. The van der Waals surface area contributed by atoms with E-state index in [1.54, 1.807) is 54.6 Å². The number of carbonyl (C=O) groups is 2. The number of anilines is 1. The van der Waals surface area contributed by atoms with Crippen molar-refractivity contribution in [3.05, 3.63) is 113 Å². The molecule has 5 rings (SSSR count). The molecule has 1 atom stereocenters. The van der Waals surface area contributed by atoms with Gasteiger partial charge in [0.2, 0.25) is 0 Å². The predicted octanol–water partition coefficient (Wildman–Crippen LogP) is 6.52. The third kappa shape index (κ3) is 4.04. The molecule has 1 heterocycles. The Morgan fingerprint density at radius 1 is 0.914 bits per heavy atom. The number of hydrogen-bond acceptors (Lipinski definition) is 4. The van der Waals surface area contributed by atoms with Gasteiger partial charge in [-0.2, -0.15) is 0 Å². The van der Waals surface area contributed by atoms with Gasteiger partial charge in [-0.05, 0) is 59.7 Å². The smallest absolute Gasteiger partial charge is 0.300 e. The second-order valence-electron chi connectivity index (χ2n) is 8.17. The summed E-state index contributed by atoms with van der Waals surface area (Å²) in [6.07, 6.45) is 0. The van der Waals surface area contributed by atoms with Gasteiger partial charge in [-0.25, -0.2) is 0 Å². The summed E-state index contributed by atoms with van der Waals surface area (Å²) < 4.78 is 5.52. The summed E-state index contributed by atoms with van der Waals surface area (Å²) >= 11 is 6.11. The molecule has 1 amide bonds. The molecule has 1 aliphatic rings. The van der Waals surface area contributed by atoms with E-state index in [2.05, 4.69) is 0 Å². The molecule has 5 nitrogen and oxygen atoms in total. The number of rotatable bonds is 5. The zero-order valence-electron chi connectivity index (χ0n) is 18.9. The third-order valence-corrected chi connectivity index (χ3v) is 6.35. The first-order valence-electron chi connectivity index (χ1n) is 11.3. The number of aliphatic hydroxyl groups is 1. The van der Waals surface area contributed by atoms with Gasteiger partial charge in [0, 0.05) is 16.3 Å². The van der Waals surface area contributed by atoms with Crippen LogP contribution >= 0.6 is 11.6 Å². The van der Waals surface area contributed by atoms with E-state index in [-0.39, 0.29) is 11.3 Å². The number of nitrogens with zero attached hydrogens (tertiary/aromatic N) is 1. The highest BCUT2D eigenvalue weighted by Gasteiger charge is 2.47. The van der Waals surface area contributed by atoms with E-state index in [0.717, 1.165) is 10.8 Å². The van der Waals surface area contributed by atoms with Crippen LogP contribution in [0.2, 0.25) is 5.02 Å². The van der Waals surface area contributed by atoms with Gasteiger partial charge in [0.05, 0.1) is 18.2 Å². The van der Waals surface area contributed by atoms with Crippen LogP contribution in [0.4, 0.5) is 5.69 Å². The Morgan fingerprint density at radius 3 is 2.31 bits per heavy atom. The summed E-state index contributed by atoms with van der Waals surface area (Å²) in [5.41, 5.74) is 1.70. The van der Waals surface area contributed by atoms with Crippen molar-refractivity contribution in [2.24, 2.45) is 0 Å². The second kappa shape index (κ2) is 9.28. The van der Waals surface area contributed by atoms with E-state index >= 15 is 0 Å². The zero-order valence-corrected chi connectivity index (χ0v) is 19.7. The Kier molecular flexibility index (Phi) is 6.01. The van der Waals surface area contributed by atoms with E-state index in [4.69, 9.17) is 16.3 Å². The number of fused-ring (bicyclic) bond motifs is 1. The quantitative estimate of drug-likeness (QED) is 0.199. The standard InChI is InChI=1S/C29H22ClNO4/c1-2-35-22-16-14-21(15-17-22)31-26(19-10-12-20(30)13-11-19)25(28(33)29(31)34)27(32)24-9-5-7-18-6-3-4-8-23(18)24/h3-17,26,32H,2H2,1H3/b27-25-. The molecule has 4 aromatic rings. The molecule has 0 bridgehead atoms. The molecular formula is C29H22ClNO4. The van der Waals surface area contributed by atoms with Gasteiger partial charge in [-0.1, -0.05) is 66.2 Å². The lowest BCUT2D eigenvalue weighted by Crippen LogP contribution is -2.29. The van der Waals surface area contributed by atoms with E-state index in [1.807, 2.05) is 43.3 Å². The molecule has 1 unspecified atom stereocenters. The fraction of sp³-hybridized carbons (Fsp3) is 0.103. The molecule has 0 aliphatic carbocycles. The van der Waals surface area contributed by atoms with Crippen LogP contribution in [0, 0.1) is 0 Å². The van der Waals surface area contributed by atoms with Crippen molar-refractivity contribution in [1.29, 1.82) is 0 Å². The molecule has 1 fully saturated rings. The zero-order chi connectivity index (χ0) is 24.5. The number of benzene rings is 4. The third-order valence-electron chi connectivity index (χ3n) is 6.10. The van der Waals surface area contributed by atoms with Crippen molar-refractivity contribution >= 4 is 45.5 Å². The van der Waals surface area contributed by atoms with Crippen molar-refractivity contribution in [1.82, 2.24) is 0 Å². The van der Waals surface area contributed by atoms with E-state index in [0.29, 0.717) is 34.2 Å². The molecule has 0 aromatic heterocycles. The largest absolute Gasteiger partial charge is 0.507 e. The minimum Gasteiger partial charge on any atom is -0.507 e. The average Bonchev–Trinajstić information content (AvgIpc) is 3.14. The number of amides is 1. The minimum absolute atomic E-state index is 0.0301. The molecule has 0 radical (unpaired) electrons. The Balaban J connectivity index is 1.72. The highest BCUT2D eigenvalue weighted by molar-refractivity contribution is 6.51. The molecule has 4 aromatic carbocycles. The normalized spacial score (nSPS) is 17.2. The van der Waals surface area contributed by atoms with Crippen LogP contribution < -0.4 is 9.64 Å². The molecular weight excluding hydrogens is 462 g/mol. The highest BCUT2D eigenvalue weighted by Crippen LogP contribution is 2.43. The van der Waals surface area contributed by atoms with Gasteiger partial charge >= 0.3 is 0 Å². The Morgan fingerprint density at radius 2 is 1.60 bits per heavy atom. The van der Waals surface area contributed by atoms with Crippen molar-refractivity contribution in [2.75, 3.05) is 11.5 Å². The summed E-state index contributed by atoms with van der Waals surface area (Å²) in [5, 5.41) is 13.7. The number of ketones is 1. The molecule has 1 N–H and O–H groups in total. The van der Waals surface area contributed by atoms with Gasteiger partial charge < -0.3 is 9.84 Å². The molecule has 0 saturated carbocycles. The number of aliphatic hydroxyl groups excluding tert-OH is 1. The fourth-order valence-electron chi connectivity index (χ4n) is 4.51. The maximum absolute atomic E-state index is 13.4. The van der Waals surface area contributed by atoms with Crippen LogP contribution in [0.5, 0.6) is 5.75 Å². The van der Waals surface area contributed by atoms with Crippen molar-refractivity contribution in [3.8, 4) is 5.75 Å². The molecule has 35 heavy (non-hydrogen) atoms. The van der Waals surface area contributed by atoms with Gasteiger partial charge in [0.15, 0.2) is 0 Å². The van der Waals surface area contributed by atoms with Crippen LogP contribution in [-0.2, 0) is 9.59 Å². The van der Waals surface area contributed by atoms with Crippen molar-refractivity contribution < 1.29 is 19.4 Å². The average molecular weight is 484 g/mol. The molecule has 1 saturated heterocycles. The Hall–Kier alpha value is -4.09. The first kappa shape index (κ1) is 22.7. The monoisotopic (exact) mass is 483 g/mol. The van der Waals surface area contributed by atoms with Crippen LogP contribution in [0.3, 0.4) is 0 Å². The van der Waals surface area contributed by atoms with Crippen LogP contribution in [0.15, 0.2) is 96.6 Å². The molecule has 174 valence electrons. The highest BCUT2D eigenvalue weighted by atomic mass is 35.5. The minimum atomic E-state index is -0.829. The lowest BCUT2D eigenvalue weighted by molar-refractivity contribution is -0.132. The fourth-order valence-corrected chi connectivity index (χ4v) is 4.63. The summed E-state index contributed by atoms with van der Waals surface area (Å²) in [6.45, 7) is 2.40. The van der Waals surface area contributed by atoms with Crippen LogP contribution in [-0.4, -0.2) is 23.4 Å². The first-order chi connectivity index (χ1) is 17.0. The lowest BCUT2D eigenvalue weighted by Gasteiger charge is -2.25. The van der Waals surface area contributed by atoms with Crippen molar-refractivity contribution in [3.63, 3.8) is 0 Å². The van der Waals surface area contributed by atoms with Gasteiger partial charge in [0.25, 0.3) is 11.7 Å². The second-order valence-corrected chi connectivity index (χ2v) is 8.61. The number of carbonyl (C=O) groups excluding carboxylic acids is 2. The van der Waals surface area contributed by atoms with Gasteiger partial charge in [-0.15, -0.1) is 0 Å². The number of ether oxygens (including phenoxy) is 1. The number of hydrogen-bond donors (Lipinski definition) is 1. The van der Waals surface area contributed by atoms with Crippen LogP contribution in [0.25, 0.3) is 16.5 Å². The SMILES string of the molecule is CCOc1ccc(N2C(=O)C(=O)/C(=C(\O)c3cccc4ccccc34)C2c2ccc(Cl)cc2)cc1. The first-order valence-corrected chi connectivity index (χ1v) is 11.6. The molecule has 0 spiro atoms. The summed E-state index contributed by atoms with van der Waals surface area (Å²) in [4.78, 5) is 28.2. The maximum Gasteiger partial charge on any atom is 0.300 e. The van der Waals surface area contributed by atoms with E-state index < -0.39 is 17.7 Å². The molecule has 1 aliphatic heterocycles. The topological polar surface area (TPSA) is 66.8 Å². The Labute approximate surface area is 207 Å². The van der Waals surface area contributed by atoms with Gasteiger partial charge in [-0.3, -0.25) is 14.5 Å². The number of Topliss-reactive ketones (excluding diaryl/α,β-unsaturated/α-hetero) is 1. The van der Waals surface area contributed by atoms with Crippen molar-refractivity contribution in [2.45, 2.75) is 13.0 Å². The predicted molar refractivity (Wildman–Crippen MR) is 138 cm³/mol. The maximum atomic E-state index is 13.4.